The Hall–Kier alpha value is -2.32. The fourth-order valence-electron chi connectivity index (χ4n) is 2.94. The molecule has 0 unspecified atom stereocenters. The Balaban J connectivity index is 0.000000479. The number of carboxylic acids is 2. The molecule has 1 aliphatic heterocycles. The predicted molar refractivity (Wildman–Crippen MR) is 121 cm³/mol. The lowest BCUT2D eigenvalue weighted by Gasteiger charge is -2.33. The summed E-state index contributed by atoms with van der Waals surface area (Å²) in [5.41, 5.74) is 0.972. The highest BCUT2D eigenvalue weighted by Gasteiger charge is 2.38. The van der Waals surface area contributed by atoms with Crippen LogP contribution in [0.15, 0.2) is 38.3 Å². The lowest BCUT2D eigenvalue weighted by atomic mass is 9.98. The van der Waals surface area contributed by atoms with Crippen molar-refractivity contribution in [2.75, 3.05) is 22.7 Å². The Bertz CT molecular complexity index is 1110. The van der Waals surface area contributed by atoms with Gasteiger partial charge in [0.05, 0.1) is 15.0 Å². The second-order valence-corrected chi connectivity index (χ2v) is 11.5. The molecule has 0 saturated carbocycles. The van der Waals surface area contributed by atoms with Gasteiger partial charge in [0.2, 0.25) is 0 Å². The number of rotatable bonds is 5. The quantitative estimate of drug-likeness (QED) is 0.466. The number of nitrogens with zero attached hydrogens (tertiary/aromatic N) is 1. The number of thiophene rings is 1. The van der Waals surface area contributed by atoms with Gasteiger partial charge in [0.1, 0.15) is 4.21 Å². The van der Waals surface area contributed by atoms with Gasteiger partial charge in [0.25, 0.3) is 10.0 Å². The van der Waals surface area contributed by atoms with E-state index < -0.39 is 28.1 Å². The van der Waals surface area contributed by atoms with Gasteiger partial charge in [-0.25, -0.2) is 18.0 Å². The van der Waals surface area contributed by atoms with Crippen molar-refractivity contribution in [2.24, 2.45) is 5.92 Å². The summed E-state index contributed by atoms with van der Waals surface area (Å²) in [6, 6.07) is 7.83. The molecule has 0 atom stereocenters. The zero-order chi connectivity index (χ0) is 25.0. The summed E-state index contributed by atoms with van der Waals surface area (Å²) < 4.78 is 59.9. The van der Waals surface area contributed by atoms with Crippen molar-refractivity contribution in [1.82, 2.24) is 0 Å². The summed E-state index contributed by atoms with van der Waals surface area (Å²) in [5, 5.41) is 16.7. The molecule has 1 aromatic carbocycles. The van der Waals surface area contributed by atoms with Crippen molar-refractivity contribution >= 4 is 60.6 Å². The second kappa shape index (κ2) is 10.7. The number of aliphatic carboxylic acids is 1. The lowest BCUT2D eigenvalue weighted by Crippen LogP contribution is -2.33. The highest BCUT2D eigenvalue weighted by Crippen LogP contribution is 2.31. The number of sulfonamides is 1. The molecule has 3 rings (SSSR count). The van der Waals surface area contributed by atoms with Crippen LogP contribution in [0.2, 0.25) is 0 Å². The van der Waals surface area contributed by atoms with Crippen LogP contribution in [-0.2, 0) is 14.8 Å². The fourth-order valence-corrected chi connectivity index (χ4v) is 6.00. The van der Waals surface area contributed by atoms with Crippen molar-refractivity contribution < 1.29 is 41.4 Å². The van der Waals surface area contributed by atoms with E-state index in [1.807, 2.05) is 0 Å². The van der Waals surface area contributed by atoms with Crippen LogP contribution in [0.5, 0.6) is 0 Å². The summed E-state index contributed by atoms with van der Waals surface area (Å²) in [4.78, 5) is 22.7. The number of aromatic carboxylic acids is 1. The van der Waals surface area contributed by atoms with Crippen molar-refractivity contribution in [2.45, 2.75) is 30.2 Å². The average molecular weight is 573 g/mol. The first-order valence-corrected chi connectivity index (χ1v) is 12.5. The maximum Gasteiger partial charge on any atom is 0.490 e. The summed E-state index contributed by atoms with van der Waals surface area (Å²) in [6.45, 7) is 3.79. The first kappa shape index (κ1) is 26.9. The van der Waals surface area contributed by atoms with Gasteiger partial charge in [-0.2, -0.15) is 13.2 Å². The SMILES string of the molecule is CC1CCN(c2ccc(NS(=O)(=O)c3ccc(Br)s3)cc2C(=O)O)CC1.O=C(O)C(F)(F)F. The van der Waals surface area contributed by atoms with E-state index in [1.54, 1.807) is 18.2 Å². The van der Waals surface area contributed by atoms with E-state index >= 15 is 0 Å². The minimum Gasteiger partial charge on any atom is -0.478 e. The van der Waals surface area contributed by atoms with Gasteiger partial charge in [0.15, 0.2) is 0 Å². The number of hydrogen-bond donors (Lipinski definition) is 3. The Labute approximate surface area is 200 Å². The number of anilines is 2. The predicted octanol–water partition coefficient (Wildman–Crippen LogP) is 4.88. The molecular formula is C19H20BrF3N2O6S2. The number of halogens is 4. The molecule has 33 heavy (non-hydrogen) atoms. The monoisotopic (exact) mass is 572 g/mol. The Morgan fingerprint density at radius 2 is 1.73 bits per heavy atom. The number of piperidine rings is 1. The molecule has 2 aromatic rings. The molecule has 182 valence electrons. The Morgan fingerprint density at radius 1 is 1.15 bits per heavy atom. The summed E-state index contributed by atoms with van der Waals surface area (Å²) in [6.07, 6.45) is -3.05. The third kappa shape index (κ3) is 7.61. The standard InChI is InChI=1S/C17H19BrN2O4S2.C2HF3O2/c1-11-6-8-20(9-7-11)14-3-2-12(10-13(14)17(21)22)19-26(23,24)16-5-4-15(18)25-16;3-2(4,5)1(6)7/h2-5,10-11,19H,6-9H2,1H3,(H,21,22);(H,6,7). The van der Waals surface area contributed by atoms with Crippen LogP contribution in [0.4, 0.5) is 24.5 Å². The van der Waals surface area contributed by atoms with Crippen molar-refractivity contribution in [1.29, 1.82) is 0 Å². The van der Waals surface area contributed by atoms with Gasteiger partial charge in [-0.3, -0.25) is 4.72 Å². The van der Waals surface area contributed by atoms with E-state index in [0.717, 1.165) is 37.3 Å². The van der Waals surface area contributed by atoms with Gasteiger partial charge in [-0.15, -0.1) is 11.3 Å². The molecule has 0 radical (unpaired) electrons. The Morgan fingerprint density at radius 3 is 2.18 bits per heavy atom. The van der Waals surface area contributed by atoms with Gasteiger partial charge in [0, 0.05) is 18.8 Å². The molecule has 1 saturated heterocycles. The van der Waals surface area contributed by atoms with Crippen LogP contribution in [0, 0.1) is 5.92 Å². The van der Waals surface area contributed by atoms with Gasteiger partial charge in [-0.05, 0) is 65.0 Å². The van der Waals surface area contributed by atoms with E-state index in [1.165, 1.54) is 12.1 Å². The molecule has 3 N–H and O–H groups in total. The third-order valence-corrected chi connectivity index (χ3v) is 8.16. The summed E-state index contributed by atoms with van der Waals surface area (Å²) >= 11 is 4.33. The lowest BCUT2D eigenvalue weighted by molar-refractivity contribution is -0.192. The van der Waals surface area contributed by atoms with Crippen LogP contribution >= 0.6 is 27.3 Å². The Kier molecular flexibility index (Phi) is 8.76. The van der Waals surface area contributed by atoms with Gasteiger partial charge in [-0.1, -0.05) is 6.92 Å². The van der Waals surface area contributed by atoms with Crippen molar-refractivity contribution in [3.63, 3.8) is 0 Å². The van der Waals surface area contributed by atoms with Gasteiger partial charge < -0.3 is 15.1 Å². The summed E-state index contributed by atoms with van der Waals surface area (Å²) in [5.74, 6) is -3.19. The smallest absolute Gasteiger partial charge is 0.478 e. The average Bonchev–Trinajstić information content (AvgIpc) is 3.15. The van der Waals surface area contributed by atoms with Crippen LogP contribution in [0.3, 0.4) is 0 Å². The van der Waals surface area contributed by atoms with E-state index in [2.05, 4.69) is 32.5 Å². The first-order valence-electron chi connectivity index (χ1n) is 9.41. The van der Waals surface area contributed by atoms with Crippen LogP contribution in [0.25, 0.3) is 0 Å². The maximum atomic E-state index is 12.4. The normalized spacial score (nSPS) is 14.9. The van der Waals surface area contributed by atoms with E-state index in [-0.39, 0.29) is 15.5 Å². The van der Waals surface area contributed by atoms with Crippen LogP contribution < -0.4 is 9.62 Å². The number of carbonyl (C=O) groups is 2. The molecule has 0 spiro atoms. The number of nitrogens with one attached hydrogen (secondary N) is 1. The molecule has 0 aliphatic carbocycles. The zero-order valence-corrected chi connectivity index (χ0v) is 20.3. The van der Waals surface area contributed by atoms with E-state index in [0.29, 0.717) is 15.4 Å². The number of alkyl halides is 3. The minimum absolute atomic E-state index is 0.104. The highest BCUT2D eigenvalue weighted by atomic mass is 79.9. The number of carboxylic acid groups (broad SMARTS) is 2. The fraction of sp³-hybridized carbons (Fsp3) is 0.368. The number of benzene rings is 1. The molecule has 0 amide bonds. The molecule has 1 aromatic heterocycles. The second-order valence-electron chi connectivity index (χ2n) is 7.17. The molecule has 1 aliphatic rings. The van der Waals surface area contributed by atoms with Gasteiger partial charge >= 0.3 is 18.1 Å². The highest BCUT2D eigenvalue weighted by molar-refractivity contribution is 9.11. The third-order valence-electron chi connectivity index (χ3n) is 4.66. The van der Waals surface area contributed by atoms with E-state index in [9.17, 15) is 31.5 Å². The first-order chi connectivity index (χ1) is 15.2. The van der Waals surface area contributed by atoms with Crippen molar-refractivity contribution in [3.05, 3.63) is 39.7 Å². The maximum absolute atomic E-state index is 12.4. The number of hydrogen-bond acceptors (Lipinski definition) is 6. The zero-order valence-electron chi connectivity index (χ0n) is 17.1. The van der Waals surface area contributed by atoms with E-state index in [4.69, 9.17) is 9.90 Å². The molecule has 2 heterocycles. The molecule has 14 heteroatoms. The van der Waals surface area contributed by atoms with Crippen molar-refractivity contribution in [3.8, 4) is 0 Å². The van der Waals surface area contributed by atoms with Crippen LogP contribution in [0.1, 0.15) is 30.1 Å². The topological polar surface area (TPSA) is 124 Å². The minimum atomic E-state index is -5.08. The largest absolute Gasteiger partial charge is 0.490 e. The molecule has 1 fully saturated rings. The van der Waals surface area contributed by atoms with Crippen LogP contribution in [-0.4, -0.2) is 49.8 Å². The summed E-state index contributed by atoms with van der Waals surface area (Å²) in [7, 11) is -3.75. The molecular weight excluding hydrogens is 553 g/mol. The molecule has 0 bridgehead atoms. The molecule has 8 nitrogen and oxygen atoms in total.